The van der Waals surface area contributed by atoms with Crippen LogP contribution in [0.25, 0.3) is 0 Å². The third kappa shape index (κ3) is 2.72. The monoisotopic (exact) mass is 357 g/mol. The number of hydrogen-bond acceptors (Lipinski definition) is 2. The minimum absolute atomic E-state index is 0.0422. The molecule has 4 unspecified atom stereocenters. The number of hydrogen-bond donors (Lipinski definition) is 1. The molecule has 1 aliphatic carbocycles. The zero-order chi connectivity index (χ0) is 17.7. The molecule has 4 fully saturated rings. The van der Waals surface area contributed by atoms with E-state index in [0.717, 1.165) is 50.5 Å². The first kappa shape index (κ1) is 16.5. The molecule has 1 aromatic rings. The van der Waals surface area contributed by atoms with E-state index in [1.165, 1.54) is 18.9 Å². The van der Waals surface area contributed by atoms with Crippen LogP contribution in [0.1, 0.15) is 38.2 Å². The zero-order valence-electron chi connectivity index (χ0n) is 15.5. The number of nitrogens with zero attached hydrogens (tertiary/aromatic N) is 2. The Bertz CT molecular complexity index is 699. The third-order valence-electron chi connectivity index (χ3n) is 6.91. The van der Waals surface area contributed by atoms with Gasteiger partial charge >= 0.3 is 0 Å². The standard InChI is InChI=1S/C21H28FN3O/c1-2-23-20(25-11-16-17(12-25)19-7-6-18(16)26-19)24-13-21(8-9-21)14-4-3-5-15(22)10-14/h3-5,10,16-19H,2,6-9,11-13H2,1H3,(H,23,24). The maximum atomic E-state index is 13.6. The van der Waals surface area contributed by atoms with E-state index < -0.39 is 0 Å². The summed E-state index contributed by atoms with van der Waals surface area (Å²) in [4.78, 5) is 7.44. The van der Waals surface area contributed by atoms with E-state index >= 15 is 0 Å². The zero-order valence-corrected chi connectivity index (χ0v) is 15.5. The lowest BCUT2D eigenvalue weighted by Crippen LogP contribution is -2.41. The summed E-state index contributed by atoms with van der Waals surface area (Å²) in [5.41, 5.74) is 1.14. The number of aliphatic imine (C=N–C) groups is 1. The Kier molecular flexibility index (Phi) is 3.96. The molecule has 4 atom stereocenters. The second kappa shape index (κ2) is 6.22. The van der Waals surface area contributed by atoms with Crippen LogP contribution in [0, 0.1) is 17.7 Å². The summed E-state index contributed by atoms with van der Waals surface area (Å²) in [5, 5.41) is 3.49. The fourth-order valence-electron chi connectivity index (χ4n) is 5.29. The Morgan fingerprint density at radius 2 is 2.00 bits per heavy atom. The van der Waals surface area contributed by atoms with Crippen LogP contribution < -0.4 is 5.32 Å². The van der Waals surface area contributed by atoms with Crippen molar-refractivity contribution in [2.75, 3.05) is 26.2 Å². The molecule has 1 aromatic carbocycles. The molecule has 0 spiro atoms. The average Bonchev–Trinajstić information content (AvgIpc) is 2.98. The molecule has 26 heavy (non-hydrogen) atoms. The van der Waals surface area contributed by atoms with Crippen LogP contribution >= 0.6 is 0 Å². The molecule has 0 amide bonds. The second-order valence-corrected chi connectivity index (χ2v) is 8.48. The number of rotatable bonds is 4. The number of fused-ring (bicyclic) bond motifs is 5. The molecule has 2 bridgehead atoms. The van der Waals surface area contributed by atoms with Gasteiger partial charge in [0.25, 0.3) is 0 Å². The highest BCUT2D eigenvalue weighted by molar-refractivity contribution is 5.80. The van der Waals surface area contributed by atoms with Crippen molar-refractivity contribution >= 4 is 5.96 Å². The Balaban J connectivity index is 1.32. The van der Waals surface area contributed by atoms with Crippen LogP contribution in [0.3, 0.4) is 0 Å². The highest BCUT2D eigenvalue weighted by atomic mass is 19.1. The summed E-state index contributed by atoms with van der Waals surface area (Å²) < 4.78 is 19.7. The van der Waals surface area contributed by atoms with Crippen LogP contribution in [0.5, 0.6) is 0 Å². The summed E-state index contributed by atoms with van der Waals surface area (Å²) in [6, 6.07) is 7.07. The van der Waals surface area contributed by atoms with Crippen molar-refractivity contribution in [3.05, 3.63) is 35.6 Å². The fourth-order valence-corrected chi connectivity index (χ4v) is 5.29. The quantitative estimate of drug-likeness (QED) is 0.665. The smallest absolute Gasteiger partial charge is 0.193 e. The van der Waals surface area contributed by atoms with Gasteiger partial charge in [-0.15, -0.1) is 0 Å². The van der Waals surface area contributed by atoms with E-state index in [2.05, 4.69) is 17.1 Å². The molecule has 1 N–H and O–H groups in total. The lowest BCUT2D eigenvalue weighted by molar-refractivity contribution is 0.0767. The first-order chi connectivity index (χ1) is 12.7. The van der Waals surface area contributed by atoms with Crippen LogP contribution in [-0.4, -0.2) is 49.2 Å². The second-order valence-electron chi connectivity index (χ2n) is 8.48. The van der Waals surface area contributed by atoms with Gasteiger partial charge in [0, 0.05) is 36.9 Å². The van der Waals surface area contributed by atoms with Crippen molar-refractivity contribution in [1.29, 1.82) is 0 Å². The molecule has 1 saturated carbocycles. The Labute approximate surface area is 154 Å². The highest BCUT2D eigenvalue weighted by Gasteiger charge is 2.53. The minimum atomic E-state index is -0.146. The summed E-state index contributed by atoms with van der Waals surface area (Å²) in [5.74, 6) is 2.24. The SMILES string of the molecule is CCNC(=NCC1(c2cccc(F)c2)CC1)N1CC2C3CCC(O3)C2C1. The molecule has 5 heteroatoms. The van der Waals surface area contributed by atoms with Crippen LogP contribution in [0.4, 0.5) is 4.39 Å². The molecule has 5 rings (SSSR count). The minimum Gasteiger partial charge on any atom is -0.374 e. The number of nitrogens with one attached hydrogen (secondary N) is 1. The van der Waals surface area contributed by atoms with Crippen molar-refractivity contribution in [3.63, 3.8) is 0 Å². The lowest BCUT2D eigenvalue weighted by atomic mass is 9.82. The number of benzene rings is 1. The van der Waals surface area contributed by atoms with Crippen molar-refractivity contribution < 1.29 is 9.13 Å². The van der Waals surface area contributed by atoms with Crippen LogP contribution in [0.15, 0.2) is 29.3 Å². The first-order valence-electron chi connectivity index (χ1n) is 10.1. The van der Waals surface area contributed by atoms with Crippen molar-refractivity contribution in [1.82, 2.24) is 10.2 Å². The van der Waals surface area contributed by atoms with Gasteiger partial charge in [-0.05, 0) is 50.3 Å². The van der Waals surface area contributed by atoms with Gasteiger partial charge in [-0.3, -0.25) is 4.99 Å². The van der Waals surface area contributed by atoms with Crippen LogP contribution in [0.2, 0.25) is 0 Å². The molecular formula is C21H28FN3O. The van der Waals surface area contributed by atoms with Gasteiger partial charge in [0.15, 0.2) is 5.96 Å². The van der Waals surface area contributed by atoms with Gasteiger partial charge in [0.05, 0.1) is 18.8 Å². The van der Waals surface area contributed by atoms with E-state index in [1.807, 2.05) is 12.1 Å². The van der Waals surface area contributed by atoms with Gasteiger partial charge in [0.2, 0.25) is 0 Å². The maximum absolute atomic E-state index is 13.6. The molecular weight excluding hydrogens is 329 g/mol. The van der Waals surface area contributed by atoms with Crippen molar-refractivity contribution in [2.45, 2.75) is 50.2 Å². The molecule has 4 aliphatic rings. The Morgan fingerprint density at radius 1 is 1.27 bits per heavy atom. The number of ether oxygens (including phenoxy) is 1. The predicted molar refractivity (Wildman–Crippen MR) is 99.7 cm³/mol. The lowest BCUT2D eigenvalue weighted by Gasteiger charge is -2.24. The van der Waals surface area contributed by atoms with Crippen LogP contribution in [-0.2, 0) is 10.2 Å². The molecule has 3 heterocycles. The topological polar surface area (TPSA) is 36.9 Å². The fraction of sp³-hybridized carbons (Fsp3) is 0.667. The summed E-state index contributed by atoms with van der Waals surface area (Å²) in [6.45, 7) is 5.86. The number of guanidine groups is 1. The van der Waals surface area contributed by atoms with Crippen molar-refractivity contribution in [3.8, 4) is 0 Å². The van der Waals surface area contributed by atoms with E-state index in [4.69, 9.17) is 9.73 Å². The largest absolute Gasteiger partial charge is 0.374 e. The molecule has 140 valence electrons. The predicted octanol–water partition coefficient (Wildman–Crippen LogP) is 2.93. The molecule has 3 aliphatic heterocycles. The van der Waals surface area contributed by atoms with Gasteiger partial charge in [0.1, 0.15) is 5.82 Å². The molecule has 0 aromatic heterocycles. The van der Waals surface area contributed by atoms with Gasteiger partial charge in [-0.2, -0.15) is 0 Å². The summed E-state index contributed by atoms with van der Waals surface area (Å²) >= 11 is 0. The average molecular weight is 357 g/mol. The summed E-state index contributed by atoms with van der Waals surface area (Å²) in [6.07, 6.45) is 5.61. The normalized spacial score (nSPS) is 34.2. The number of likely N-dealkylation sites (tertiary alicyclic amines) is 1. The Morgan fingerprint density at radius 3 is 2.62 bits per heavy atom. The van der Waals surface area contributed by atoms with E-state index in [0.29, 0.717) is 24.0 Å². The van der Waals surface area contributed by atoms with Gasteiger partial charge in [-0.25, -0.2) is 4.39 Å². The third-order valence-corrected chi connectivity index (χ3v) is 6.91. The van der Waals surface area contributed by atoms with E-state index in [-0.39, 0.29) is 11.2 Å². The van der Waals surface area contributed by atoms with E-state index in [9.17, 15) is 4.39 Å². The van der Waals surface area contributed by atoms with Gasteiger partial charge in [-0.1, -0.05) is 12.1 Å². The van der Waals surface area contributed by atoms with Gasteiger partial charge < -0.3 is 15.0 Å². The summed E-state index contributed by atoms with van der Waals surface area (Å²) in [7, 11) is 0. The first-order valence-corrected chi connectivity index (χ1v) is 10.1. The Hall–Kier alpha value is -1.62. The molecule has 3 saturated heterocycles. The van der Waals surface area contributed by atoms with Crippen molar-refractivity contribution in [2.24, 2.45) is 16.8 Å². The number of halogens is 1. The maximum Gasteiger partial charge on any atom is 0.193 e. The molecule has 4 nitrogen and oxygen atoms in total. The molecule has 0 radical (unpaired) electrons. The highest BCUT2D eigenvalue weighted by Crippen LogP contribution is 2.49. The van der Waals surface area contributed by atoms with E-state index in [1.54, 1.807) is 6.07 Å².